The Kier molecular flexibility index (Phi) is 12.8. The van der Waals surface area contributed by atoms with Gasteiger partial charge >= 0.3 is 41.3 Å². The summed E-state index contributed by atoms with van der Waals surface area (Å²) in [5.41, 5.74) is 3.29. The van der Waals surface area contributed by atoms with Crippen molar-refractivity contribution in [1.82, 2.24) is 0 Å². The number of hydrogen-bond donors (Lipinski definition) is 0. The summed E-state index contributed by atoms with van der Waals surface area (Å²) >= 11 is 1.55. The number of allylic oxidation sites excluding steroid dienone is 4. The molecule has 0 heterocycles. The van der Waals surface area contributed by atoms with Crippen LogP contribution in [0.2, 0.25) is 0 Å². The Bertz CT molecular complexity index is 1060. The fourth-order valence-electron chi connectivity index (χ4n) is 3.80. The number of fused-ring (bicyclic) bond motifs is 3. The molecular formula is C29H36Cl2Zr-2. The molecule has 1 aliphatic carbocycles. The van der Waals surface area contributed by atoms with Gasteiger partial charge in [-0.2, -0.15) is 6.08 Å². The van der Waals surface area contributed by atoms with Crippen molar-refractivity contribution in [1.29, 1.82) is 0 Å². The molecule has 32 heavy (non-hydrogen) atoms. The van der Waals surface area contributed by atoms with E-state index in [1.165, 1.54) is 35.9 Å². The molecule has 0 aromatic heterocycles. The van der Waals surface area contributed by atoms with Crippen LogP contribution < -0.4 is 24.8 Å². The Morgan fingerprint density at radius 1 is 0.875 bits per heavy atom. The maximum Gasteiger partial charge on any atom is -0.109 e. The largest absolute Gasteiger partial charge is 1.00 e. The quantitative estimate of drug-likeness (QED) is 0.380. The predicted molar refractivity (Wildman–Crippen MR) is 132 cm³/mol. The third kappa shape index (κ3) is 8.48. The Hall–Kier alpha value is -0.877. The topological polar surface area (TPSA) is 0 Å². The molecular weight excluding hydrogens is 510 g/mol. The number of hydrogen-bond acceptors (Lipinski definition) is 0. The maximum absolute atomic E-state index is 2.99. The van der Waals surface area contributed by atoms with Gasteiger partial charge in [0.25, 0.3) is 0 Å². The van der Waals surface area contributed by atoms with Crippen molar-refractivity contribution in [3.05, 3.63) is 77.9 Å². The second kappa shape index (κ2) is 13.1. The molecule has 4 rings (SSSR count). The zero-order chi connectivity index (χ0) is 22.5. The SMILES string of the molecule is CC(C)(C)c1ccc2c([cH-]c3ccccc32)c1C(C)(C)C.C[C](C)=[Zr+2].[C-]1=CC=CC1.[Cl-].[Cl-]. The summed E-state index contributed by atoms with van der Waals surface area (Å²) in [4.78, 5) is 0. The van der Waals surface area contributed by atoms with E-state index in [0.717, 1.165) is 6.42 Å². The van der Waals surface area contributed by atoms with E-state index >= 15 is 0 Å². The van der Waals surface area contributed by atoms with E-state index in [1.807, 2.05) is 12.2 Å². The molecule has 0 aliphatic heterocycles. The molecule has 0 saturated heterocycles. The minimum Gasteiger partial charge on any atom is -1.00 e. The fourth-order valence-corrected chi connectivity index (χ4v) is 3.80. The van der Waals surface area contributed by atoms with Crippen molar-refractivity contribution in [3.8, 4) is 0 Å². The van der Waals surface area contributed by atoms with Crippen LogP contribution in [0.15, 0.2) is 60.7 Å². The first-order valence-corrected chi connectivity index (χ1v) is 12.0. The summed E-state index contributed by atoms with van der Waals surface area (Å²) in [7, 11) is 0. The first-order chi connectivity index (χ1) is 13.9. The summed E-state index contributed by atoms with van der Waals surface area (Å²) in [6.45, 7) is 18.2. The average Bonchev–Trinajstić information content (AvgIpc) is 3.30. The molecule has 172 valence electrons. The molecule has 0 spiro atoms. The molecule has 3 aromatic carbocycles. The summed E-state index contributed by atoms with van der Waals surface area (Å²) in [6, 6.07) is 15.8. The van der Waals surface area contributed by atoms with E-state index < -0.39 is 0 Å². The zero-order valence-corrected chi connectivity index (χ0v) is 24.7. The van der Waals surface area contributed by atoms with Gasteiger partial charge in [-0.15, -0.1) is 40.1 Å². The Labute approximate surface area is 223 Å². The minimum absolute atomic E-state index is 0. The summed E-state index contributed by atoms with van der Waals surface area (Å²) in [6.07, 6.45) is 10.0. The second-order valence-corrected chi connectivity index (χ2v) is 12.6. The van der Waals surface area contributed by atoms with Crippen molar-refractivity contribution in [2.75, 3.05) is 0 Å². The molecule has 0 radical (unpaired) electrons. The van der Waals surface area contributed by atoms with E-state index in [-0.39, 0.29) is 35.6 Å². The molecule has 0 atom stereocenters. The van der Waals surface area contributed by atoms with Crippen LogP contribution in [0.5, 0.6) is 0 Å². The van der Waals surface area contributed by atoms with Crippen LogP contribution in [-0.4, -0.2) is 3.21 Å². The Morgan fingerprint density at radius 3 is 1.91 bits per heavy atom. The molecule has 0 fully saturated rings. The summed E-state index contributed by atoms with van der Waals surface area (Å²) in [5.74, 6) is 0. The normalized spacial score (nSPS) is 12.3. The first kappa shape index (κ1) is 31.1. The van der Waals surface area contributed by atoms with Crippen molar-refractivity contribution < 1.29 is 49.0 Å². The van der Waals surface area contributed by atoms with E-state index in [9.17, 15) is 0 Å². The predicted octanol–water partition coefficient (Wildman–Crippen LogP) is 2.37. The van der Waals surface area contributed by atoms with Gasteiger partial charge in [0.1, 0.15) is 0 Å². The van der Waals surface area contributed by atoms with Gasteiger partial charge in [0, 0.05) is 0 Å². The monoisotopic (exact) mass is 544 g/mol. The van der Waals surface area contributed by atoms with Crippen molar-refractivity contribution in [2.45, 2.75) is 72.6 Å². The molecule has 3 aromatic rings. The van der Waals surface area contributed by atoms with Crippen LogP contribution in [-0.2, 0) is 35.1 Å². The zero-order valence-electron chi connectivity index (χ0n) is 20.7. The Balaban J connectivity index is 0.000000739. The van der Waals surface area contributed by atoms with E-state index in [1.54, 1.807) is 24.2 Å². The minimum atomic E-state index is 0. The number of benzene rings is 2. The molecule has 0 saturated carbocycles. The van der Waals surface area contributed by atoms with Crippen LogP contribution in [0.3, 0.4) is 0 Å². The van der Waals surface area contributed by atoms with E-state index in [0.29, 0.717) is 0 Å². The van der Waals surface area contributed by atoms with Gasteiger partial charge in [0.15, 0.2) is 0 Å². The van der Waals surface area contributed by atoms with Gasteiger partial charge in [0.05, 0.1) is 0 Å². The van der Waals surface area contributed by atoms with Gasteiger partial charge in [-0.05, 0) is 10.8 Å². The van der Waals surface area contributed by atoms with Crippen LogP contribution >= 0.6 is 0 Å². The summed E-state index contributed by atoms with van der Waals surface area (Å²) in [5, 5.41) is 5.54. The van der Waals surface area contributed by atoms with Crippen LogP contribution in [0.25, 0.3) is 21.5 Å². The standard InChI is InChI=1S/C21H25.C5H5.C3H6.2ClH.Zr/c1-20(2,3)18-12-11-16-15-10-8-7-9-14(15)13-17(16)19(18)21(4,5)6;1-2-4-5-3-1;1-3-2;;;/h7-13H,1-6H3;1-3H,4H2;1-2H3;2*1H;/q2*-1;;;;+2/p-2. The third-order valence-corrected chi connectivity index (χ3v) is 4.94. The van der Waals surface area contributed by atoms with Crippen LogP contribution in [0.1, 0.15) is 72.9 Å². The molecule has 0 N–H and O–H groups in total. The molecule has 0 amide bonds. The molecule has 3 heteroatoms. The van der Waals surface area contributed by atoms with Crippen molar-refractivity contribution in [2.24, 2.45) is 0 Å². The van der Waals surface area contributed by atoms with Gasteiger partial charge < -0.3 is 24.8 Å². The molecule has 0 unspecified atom stereocenters. The number of rotatable bonds is 0. The molecule has 1 aliphatic rings. The Morgan fingerprint density at radius 2 is 1.47 bits per heavy atom. The summed E-state index contributed by atoms with van der Waals surface area (Å²) < 4.78 is 1.51. The average molecular weight is 547 g/mol. The molecule has 0 bridgehead atoms. The van der Waals surface area contributed by atoms with Crippen LogP contribution in [0.4, 0.5) is 0 Å². The number of halogens is 2. The maximum atomic E-state index is 2.99. The van der Waals surface area contributed by atoms with E-state index in [2.05, 4.69) is 110 Å². The van der Waals surface area contributed by atoms with Crippen molar-refractivity contribution in [3.63, 3.8) is 0 Å². The van der Waals surface area contributed by atoms with Gasteiger partial charge in [-0.25, -0.2) is 12.2 Å². The molecule has 0 nitrogen and oxygen atoms in total. The van der Waals surface area contributed by atoms with E-state index in [4.69, 9.17) is 0 Å². The van der Waals surface area contributed by atoms with Crippen LogP contribution in [0, 0.1) is 6.08 Å². The first-order valence-electron chi connectivity index (χ1n) is 10.8. The van der Waals surface area contributed by atoms with Gasteiger partial charge in [-0.1, -0.05) is 83.0 Å². The van der Waals surface area contributed by atoms with Gasteiger partial charge in [-0.3, -0.25) is 6.08 Å². The fraction of sp³-hybridized carbons (Fsp3) is 0.379. The van der Waals surface area contributed by atoms with Crippen molar-refractivity contribution >= 4 is 24.8 Å². The second-order valence-electron chi connectivity index (χ2n) is 10.2. The van der Waals surface area contributed by atoms with Gasteiger partial charge in [0.2, 0.25) is 0 Å². The smallest absolute Gasteiger partial charge is 0.109 e. The third-order valence-electron chi connectivity index (χ3n) is 4.94.